The summed E-state index contributed by atoms with van der Waals surface area (Å²) in [4.78, 5) is 0. The molecule has 0 amide bonds. The van der Waals surface area contributed by atoms with E-state index in [-0.39, 0.29) is 13.2 Å². The third-order valence-corrected chi connectivity index (χ3v) is 4.86. The van der Waals surface area contributed by atoms with Crippen molar-refractivity contribution in [3.63, 3.8) is 0 Å². The topological polar surface area (TPSA) is 140 Å². The van der Waals surface area contributed by atoms with Crippen LogP contribution in [0, 0.1) is 0 Å². The number of rotatable bonds is 9. The summed E-state index contributed by atoms with van der Waals surface area (Å²) in [6.07, 6.45) is -7.12. The standard InChI is InChI=1S/C19H29NO10/c1-11-15(9-25-17(27-11)13-6-4-3-5-7-13)30-19(20(24)10-21)28-12(2)14-8-26-18(29-14)16(22)23/h3-7,11-12,14-19,21-24H,8-10H2,1-2H3. The molecular weight excluding hydrogens is 402 g/mol. The van der Waals surface area contributed by atoms with E-state index in [1.807, 2.05) is 37.3 Å². The zero-order valence-electron chi connectivity index (χ0n) is 16.8. The van der Waals surface area contributed by atoms with E-state index >= 15 is 0 Å². The quantitative estimate of drug-likeness (QED) is 0.307. The molecular formula is C19H29NO10. The summed E-state index contributed by atoms with van der Waals surface area (Å²) < 4.78 is 33.6. The van der Waals surface area contributed by atoms with Crippen LogP contribution >= 0.6 is 0 Å². The number of aliphatic hydroxyl groups is 3. The van der Waals surface area contributed by atoms with Crippen LogP contribution < -0.4 is 0 Å². The maximum Gasteiger partial charge on any atom is 0.243 e. The van der Waals surface area contributed by atoms with Gasteiger partial charge < -0.3 is 48.9 Å². The number of aliphatic hydroxyl groups excluding tert-OH is 2. The normalized spacial score (nSPS) is 31.9. The minimum Gasteiger partial charge on any atom is -0.379 e. The van der Waals surface area contributed by atoms with Crippen LogP contribution in [0.15, 0.2) is 30.3 Å². The summed E-state index contributed by atoms with van der Waals surface area (Å²) in [5.41, 5.74) is 0.877. The molecule has 11 heteroatoms. The molecule has 30 heavy (non-hydrogen) atoms. The van der Waals surface area contributed by atoms with Crippen molar-refractivity contribution in [2.24, 2.45) is 0 Å². The van der Waals surface area contributed by atoms with E-state index in [1.165, 1.54) is 0 Å². The summed E-state index contributed by atoms with van der Waals surface area (Å²) in [5.74, 6) is 0. The predicted molar refractivity (Wildman–Crippen MR) is 98.4 cm³/mol. The van der Waals surface area contributed by atoms with E-state index in [9.17, 15) is 10.3 Å². The molecule has 7 atom stereocenters. The third kappa shape index (κ3) is 5.93. The van der Waals surface area contributed by atoms with Gasteiger partial charge in [-0.1, -0.05) is 30.3 Å². The van der Waals surface area contributed by atoms with Crippen LogP contribution in [0.2, 0.25) is 0 Å². The van der Waals surface area contributed by atoms with E-state index < -0.39 is 56.4 Å². The molecule has 11 nitrogen and oxygen atoms in total. The van der Waals surface area contributed by atoms with E-state index in [1.54, 1.807) is 6.92 Å². The van der Waals surface area contributed by atoms with Gasteiger partial charge in [0.25, 0.3) is 0 Å². The molecule has 0 saturated carbocycles. The van der Waals surface area contributed by atoms with E-state index in [0.717, 1.165) is 5.56 Å². The first-order chi connectivity index (χ1) is 14.4. The second-order valence-corrected chi connectivity index (χ2v) is 7.11. The number of benzene rings is 1. The van der Waals surface area contributed by atoms with Gasteiger partial charge in [-0.3, -0.25) is 0 Å². The monoisotopic (exact) mass is 431 g/mol. The molecule has 0 aliphatic carbocycles. The van der Waals surface area contributed by atoms with Crippen molar-refractivity contribution in [2.45, 2.75) is 63.5 Å². The number of hydrogen-bond donors (Lipinski definition) is 4. The molecule has 0 bridgehead atoms. The van der Waals surface area contributed by atoms with E-state index in [4.69, 9.17) is 38.6 Å². The molecule has 0 spiro atoms. The number of hydrogen-bond acceptors (Lipinski definition) is 11. The molecule has 0 aromatic heterocycles. The summed E-state index contributed by atoms with van der Waals surface area (Å²) in [7, 11) is 0. The number of hydroxylamine groups is 2. The Morgan fingerprint density at radius 3 is 2.47 bits per heavy atom. The molecule has 2 aliphatic heterocycles. The summed E-state index contributed by atoms with van der Waals surface area (Å²) in [6, 6.07) is 9.47. The van der Waals surface area contributed by atoms with Gasteiger partial charge in [0.1, 0.15) is 18.9 Å². The number of nitrogens with zero attached hydrogens (tertiary/aromatic N) is 1. The minimum atomic E-state index is -1.78. The Bertz CT molecular complexity index is 635. The maximum atomic E-state index is 10.00. The van der Waals surface area contributed by atoms with E-state index in [0.29, 0.717) is 5.06 Å². The Labute approximate surface area is 174 Å². The van der Waals surface area contributed by atoms with Gasteiger partial charge >= 0.3 is 0 Å². The second kappa shape index (κ2) is 10.9. The molecule has 4 N–H and O–H groups in total. The molecule has 3 rings (SSSR count). The van der Waals surface area contributed by atoms with Crippen LogP contribution in [-0.2, 0) is 28.4 Å². The third-order valence-electron chi connectivity index (χ3n) is 4.86. The highest BCUT2D eigenvalue weighted by atomic mass is 16.8. The maximum absolute atomic E-state index is 10.00. The fourth-order valence-corrected chi connectivity index (χ4v) is 3.08. The molecule has 170 valence electrons. The van der Waals surface area contributed by atoms with Gasteiger partial charge in [-0.25, -0.2) is 0 Å². The molecule has 2 saturated heterocycles. The second-order valence-electron chi connectivity index (χ2n) is 7.11. The zero-order valence-corrected chi connectivity index (χ0v) is 16.8. The smallest absolute Gasteiger partial charge is 0.243 e. The summed E-state index contributed by atoms with van der Waals surface area (Å²) in [5, 5.41) is 38.1. The zero-order chi connectivity index (χ0) is 21.7. The Balaban J connectivity index is 1.56. The molecule has 2 fully saturated rings. The van der Waals surface area contributed by atoms with Gasteiger partial charge in [0.2, 0.25) is 19.0 Å². The highest BCUT2D eigenvalue weighted by Gasteiger charge is 2.38. The lowest BCUT2D eigenvalue weighted by molar-refractivity contribution is -0.381. The van der Waals surface area contributed by atoms with Crippen molar-refractivity contribution < 1.29 is 48.9 Å². The van der Waals surface area contributed by atoms with Gasteiger partial charge in [0, 0.05) is 5.56 Å². The van der Waals surface area contributed by atoms with Crippen LogP contribution in [0.3, 0.4) is 0 Å². The highest BCUT2D eigenvalue weighted by molar-refractivity contribution is 5.16. The average Bonchev–Trinajstić information content (AvgIpc) is 3.25. The van der Waals surface area contributed by atoms with Crippen LogP contribution in [0.1, 0.15) is 25.7 Å². The lowest BCUT2D eigenvalue weighted by atomic mass is 10.1. The van der Waals surface area contributed by atoms with Crippen molar-refractivity contribution in [2.75, 3.05) is 19.9 Å². The Hall–Kier alpha value is -1.22. The van der Waals surface area contributed by atoms with Crippen LogP contribution in [0.25, 0.3) is 0 Å². The van der Waals surface area contributed by atoms with Gasteiger partial charge in [0.15, 0.2) is 6.29 Å². The minimum absolute atomic E-state index is 0.0610. The average molecular weight is 431 g/mol. The van der Waals surface area contributed by atoms with Crippen LogP contribution in [0.4, 0.5) is 0 Å². The van der Waals surface area contributed by atoms with E-state index in [2.05, 4.69) is 0 Å². The summed E-state index contributed by atoms with van der Waals surface area (Å²) >= 11 is 0. The largest absolute Gasteiger partial charge is 0.379 e. The first kappa shape index (κ1) is 23.4. The molecule has 2 heterocycles. The van der Waals surface area contributed by atoms with Gasteiger partial charge in [-0.05, 0) is 13.8 Å². The van der Waals surface area contributed by atoms with Crippen molar-refractivity contribution >= 4 is 0 Å². The molecule has 1 aromatic rings. The fourth-order valence-electron chi connectivity index (χ4n) is 3.08. The van der Waals surface area contributed by atoms with Crippen LogP contribution in [-0.4, -0.2) is 88.9 Å². The van der Waals surface area contributed by atoms with Crippen molar-refractivity contribution in [1.82, 2.24) is 5.06 Å². The van der Waals surface area contributed by atoms with Crippen molar-refractivity contribution in [3.8, 4) is 0 Å². The molecule has 1 aromatic carbocycles. The van der Waals surface area contributed by atoms with Crippen LogP contribution in [0.5, 0.6) is 0 Å². The predicted octanol–water partition coefficient (Wildman–Crippen LogP) is -0.112. The Morgan fingerprint density at radius 2 is 1.87 bits per heavy atom. The van der Waals surface area contributed by atoms with Crippen molar-refractivity contribution in [1.29, 1.82) is 0 Å². The van der Waals surface area contributed by atoms with Crippen molar-refractivity contribution in [3.05, 3.63) is 35.9 Å². The van der Waals surface area contributed by atoms with Gasteiger partial charge in [-0.15, -0.1) is 5.06 Å². The summed E-state index contributed by atoms with van der Waals surface area (Å²) in [6.45, 7) is 2.95. The number of ether oxygens (including phenoxy) is 6. The molecule has 7 unspecified atom stereocenters. The molecule has 2 aliphatic rings. The molecule has 0 radical (unpaired) electrons. The fraction of sp³-hybridized carbons (Fsp3) is 0.684. The Morgan fingerprint density at radius 1 is 1.13 bits per heavy atom. The van der Waals surface area contributed by atoms with Gasteiger partial charge in [0.05, 0.1) is 25.4 Å². The Kier molecular flexibility index (Phi) is 8.51. The lowest BCUT2D eigenvalue weighted by Gasteiger charge is -2.38. The first-order valence-corrected chi connectivity index (χ1v) is 9.71. The van der Waals surface area contributed by atoms with Gasteiger partial charge in [-0.2, -0.15) is 0 Å². The lowest BCUT2D eigenvalue weighted by Crippen LogP contribution is -2.49. The SMILES string of the molecule is CC(OC(OC1COC(c2ccccc2)OC1C)N(O)CO)C1COC(C(O)O)O1. The highest BCUT2D eigenvalue weighted by Crippen LogP contribution is 2.29. The first-order valence-electron chi connectivity index (χ1n) is 9.71.